The van der Waals surface area contributed by atoms with Crippen molar-refractivity contribution < 1.29 is 13.5 Å². The number of aromatic nitrogens is 1. The first-order chi connectivity index (χ1) is 7.03. The number of anilines is 1. The van der Waals surface area contributed by atoms with Crippen LogP contribution in [0.4, 0.5) is 5.69 Å². The summed E-state index contributed by atoms with van der Waals surface area (Å²) in [6.07, 6.45) is 1.78. The van der Waals surface area contributed by atoms with Crippen LogP contribution in [0.3, 0.4) is 0 Å². The molecule has 0 aromatic carbocycles. The Morgan fingerprint density at radius 1 is 1.53 bits per heavy atom. The van der Waals surface area contributed by atoms with Crippen LogP contribution in [0.15, 0.2) is 18.3 Å². The average molecular weight is 230 g/mol. The second-order valence-corrected chi connectivity index (χ2v) is 5.03. The van der Waals surface area contributed by atoms with E-state index in [-0.39, 0.29) is 18.8 Å². The fourth-order valence-electron chi connectivity index (χ4n) is 1.09. The largest absolute Gasteiger partial charge is 0.396 e. The van der Waals surface area contributed by atoms with Gasteiger partial charge in [0, 0.05) is 18.5 Å². The van der Waals surface area contributed by atoms with Gasteiger partial charge in [-0.25, -0.2) is 8.42 Å². The van der Waals surface area contributed by atoms with Gasteiger partial charge >= 0.3 is 0 Å². The predicted molar refractivity (Wildman–Crippen MR) is 58.1 cm³/mol. The highest BCUT2D eigenvalue weighted by atomic mass is 32.2. The molecule has 15 heavy (non-hydrogen) atoms. The molecular weight excluding hydrogens is 216 g/mol. The monoisotopic (exact) mass is 230 g/mol. The Labute approximate surface area is 89.2 Å². The van der Waals surface area contributed by atoms with Crippen LogP contribution >= 0.6 is 0 Å². The van der Waals surface area contributed by atoms with Gasteiger partial charge in [-0.15, -0.1) is 0 Å². The number of aliphatic hydroxyl groups is 1. The van der Waals surface area contributed by atoms with Gasteiger partial charge in [0.25, 0.3) is 0 Å². The van der Waals surface area contributed by atoms with E-state index in [2.05, 4.69) is 9.71 Å². The molecule has 0 aliphatic rings. The number of sulfonamides is 1. The summed E-state index contributed by atoms with van der Waals surface area (Å²) >= 11 is 0. The number of aliphatic hydroxyl groups excluding tert-OH is 1. The second-order valence-electron chi connectivity index (χ2n) is 3.18. The molecule has 84 valence electrons. The minimum Gasteiger partial charge on any atom is -0.396 e. The van der Waals surface area contributed by atoms with E-state index in [0.717, 1.165) is 5.69 Å². The molecule has 0 amide bonds. The number of nitrogens with zero attached hydrogens (tertiary/aromatic N) is 1. The summed E-state index contributed by atoms with van der Waals surface area (Å²) in [5.41, 5.74) is 1.25. The summed E-state index contributed by atoms with van der Waals surface area (Å²) in [4.78, 5) is 3.96. The number of pyridine rings is 1. The van der Waals surface area contributed by atoms with Crippen molar-refractivity contribution in [3.63, 3.8) is 0 Å². The molecule has 0 radical (unpaired) electrons. The van der Waals surface area contributed by atoms with Crippen molar-refractivity contribution in [1.82, 2.24) is 4.98 Å². The number of hydrogen-bond donors (Lipinski definition) is 2. The highest BCUT2D eigenvalue weighted by molar-refractivity contribution is 7.92. The lowest BCUT2D eigenvalue weighted by atomic mass is 10.3. The summed E-state index contributed by atoms with van der Waals surface area (Å²) in [7, 11) is -3.35. The molecule has 0 fully saturated rings. The average Bonchev–Trinajstić information content (AvgIpc) is 2.14. The summed E-state index contributed by atoms with van der Waals surface area (Å²) in [5.74, 6) is -0.0785. The van der Waals surface area contributed by atoms with Crippen molar-refractivity contribution in [2.24, 2.45) is 0 Å². The zero-order valence-electron chi connectivity index (χ0n) is 8.47. The van der Waals surface area contributed by atoms with Crippen LogP contribution < -0.4 is 4.72 Å². The van der Waals surface area contributed by atoms with Crippen molar-refractivity contribution in [1.29, 1.82) is 0 Å². The van der Waals surface area contributed by atoms with Gasteiger partial charge in [-0.05, 0) is 25.5 Å². The Morgan fingerprint density at radius 2 is 2.27 bits per heavy atom. The number of rotatable bonds is 5. The zero-order valence-corrected chi connectivity index (χ0v) is 9.29. The van der Waals surface area contributed by atoms with Crippen molar-refractivity contribution in [3.8, 4) is 0 Å². The number of aryl methyl sites for hydroxylation is 1. The summed E-state index contributed by atoms with van der Waals surface area (Å²) in [5, 5.41) is 8.54. The third-order valence-electron chi connectivity index (χ3n) is 1.74. The zero-order chi connectivity index (χ0) is 11.3. The first-order valence-corrected chi connectivity index (χ1v) is 6.23. The number of hydrogen-bond acceptors (Lipinski definition) is 4. The van der Waals surface area contributed by atoms with Gasteiger partial charge in [-0.3, -0.25) is 9.71 Å². The molecular formula is C9H14N2O3S. The Balaban J connectivity index is 2.69. The van der Waals surface area contributed by atoms with Gasteiger partial charge in [0.15, 0.2) is 0 Å². The van der Waals surface area contributed by atoms with Gasteiger partial charge in [0.2, 0.25) is 10.0 Å². The number of nitrogens with one attached hydrogen (secondary N) is 1. The Hall–Kier alpha value is -1.14. The fraction of sp³-hybridized carbons (Fsp3) is 0.444. The van der Waals surface area contributed by atoms with E-state index >= 15 is 0 Å². The fourth-order valence-corrected chi connectivity index (χ4v) is 2.19. The third-order valence-corrected chi connectivity index (χ3v) is 3.11. The van der Waals surface area contributed by atoms with Crippen LogP contribution in [-0.2, 0) is 10.0 Å². The maximum absolute atomic E-state index is 11.4. The van der Waals surface area contributed by atoms with E-state index in [1.165, 1.54) is 0 Å². The van der Waals surface area contributed by atoms with Crippen LogP contribution in [0.25, 0.3) is 0 Å². The molecule has 1 rings (SSSR count). The van der Waals surface area contributed by atoms with Gasteiger partial charge in [-0.2, -0.15) is 0 Å². The lowest BCUT2D eigenvalue weighted by molar-refractivity contribution is 0.295. The van der Waals surface area contributed by atoms with Crippen LogP contribution in [0, 0.1) is 6.92 Å². The predicted octanol–water partition coefficient (Wildman–Crippen LogP) is 0.514. The summed E-state index contributed by atoms with van der Waals surface area (Å²) in [6, 6.07) is 3.24. The lowest BCUT2D eigenvalue weighted by Gasteiger charge is -2.07. The Kier molecular flexibility index (Phi) is 4.05. The van der Waals surface area contributed by atoms with Crippen molar-refractivity contribution in [2.45, 2.75) is 13.3 Å². The van der Waals surface area contributed by atoms with E-state index in [9.17, 15) is 8.42 Å². The van der Waals surface area contributed by atoms with E-state index in [4.69, 9.17) is 5.11 Å². The van der Waals surface area contributed by atoms with Gasteiger partial charge in [-0.1, -0.05) is 0 Å². The van der Waals surface area contributed by atoms with E-state index < -0.39 is 10.0 Å². The summed E-state index contributed by atoms with van der Waals surface area (Å²) < 4.78 is 25.3. The smallest absolute Gasteiger partial charge is 0.232 e. The van der Waals surface area contributed by atoms with Crippen molar-refractivity contribution in [2.75, 3.05) is 17.1 Å². The summed E-state index contributed by atoms with van der Waals surface area (Å²) in [6.45, 7) is 1.65. The van der Waals surface area contributed by atoms with E-state index in [1.54, 1.807) is 25.3 Å². The minimum absolute atomic E-state index is 0.0785. The molecule has 1 heterocycles. The lowest BCUT2D eigenvalue weighted by Crippen LogP contribution is -2.17. The molecule has 2 N–H and O–H groups in total. The molecule has 0 spiro atoms. The topological polar surface area (TPSA) is 79.3 Å². The maximum atomic E-state index is 11.4. The van der Waals surface area contributed by atoms with Crippen LogP contribution in [0.2, 0.25) is 0 Å². The third kappa shape index (κ3) is 4.26. The molecule has 1 aromatic heterocycles. The van der Waals surface area contributed by atoms with E-state index in [1.807, 2.05) is 0 Å². The van der Waals surface area contributed by atoms with Gasteiger partial charge in [0.05, 0.1) is 11.4 Å². The van der Waals surface area contributed by atoms with E-state index in [0.29, 0.717) is 5.69 Å². The molecule has 5 nitrogen and oxygen atoms in total. The van der Waals surface area contributed by atoms with Gasteiger partial charge < -0.3 is 5.11 Å². The normalized spacial score (nSPS) is 11.3. The van der Waals surface area contributed by atoms with Gasteiger partial charge in [0.1, 0.15) is 0 Å². The minimum atomic E-state index is -3.35. The molecule has 0 bridgehead atoms. The van der Waals surface area contributed by atoms with Crippen molar-refractivity contribution in [3.05, 3.63) is 24.0 Å². The first kappa shape index (κ1) is 11.9. The highest BCUT2D eigenvalue weighted by Gasteiger charge is 2.09. The first-order valence-electron chi connectivity index (χ1n) is 4.57. The van der Waals surface area contributed by atoms with Crippen LogP contribution in [0.1, 0.15) is 12.1 Å². The molecule has 0 aliphatic carbocycles. The van der Waals surface area contributed by atoms with Crippen LogP contribution in [-0.4, -0.2) is 30.9 Å². The molecule has 0 saturated carbocycles. The Morgan fingerprint density at radius 3 is 2.87 bits per heavy atom. The quantitative estimate of drug-likeness (QED) is 0.772. The second kappa shape index (κ2) is 5.09. The Bertz CT molecular complexity index is 417. The SMILES string of the molecule is Cc1cc(NS(=O)(=O)CCCO)ccn1. The molecule has 0 unspecified atom stereocenters. The van der Waals surface area contributed by atoms with Crippen LogP contribution in [0.5, 0.6) is 0 Å². The molecule has 6 heteroatoms. The molecule has 0 aliphatic heterocycles. The molecule has 0 atom stereocenters. The standard InChI is InChI=1S/C9H14N2O3S/c1-8-7-9(3-4-10-8)11-15(13,14)6-2-5-12/h3-4,7,12H,2,5-6H2,1H3,(H,10,11). The maximum Gasteiger partial charge on any atom is 0.232 e. The molecule has 1 aromatic rings. The highest BCUT2D eigenvalue weighted by Crippen LogP contribution is 2.09. The molecule has 0 saturated heterocycles. The van der Waals surface area contributed by atoms with Crippen molar-refractivity contribution >= 4 is 15.7 Å².